The predicted molar refractivity (Wildman–Crippen MR) is 104 cm³/mol. The van der Waals surface area contributed by atoms with E-state index in [0.717, 1.165) is 4.90 Å². The van der Waals surface area contributed by atoms with Crippen LogP contribution in [-0.2, 0) is 9.59 Å². The Balaban J connectivity index is 2.06. The smallest absolute Gasteiger partial charge is 0.271 e. The second-order valence-electron chi connectivity index (χ2n) is 5.60. The van der Waals surface area contributed by atoms with E-state index < -0.39 is 10.2 Å². The van der Waals surface area contributed by atoms with Crippen LogP contribution in [0.1, 0.15) is 13.8 Å². The maximum absolute atomic E-state index is 12.5. The average Bonchev–Trinajstić information content (AvgIpc) is 2.62. The molecule has 2 aromatic carbocycles. The summed E-state index contributed by atoms with van der Waals surface area (Å²) in [5, 5.41) is 15.8. The van der Waals surface area contributed by atoms with Gasteiger partial charge in [0.1, 0.15) is 5.75 Å². The Labute approximate surface area is 160 Å². The Hall–Kier alpha value is -3.07. The number of nitrogens with one attached hydrogen (secondary N) is 2. The lowest BCUT2D eigenvalue weighted by molar-refractivity contribution is -0.384. The lowest BCUT2D eigenvalue weighted by Gasteiger charge is -2.14. The Bertz CT molecular complexity index is 855. The van der Waals surface area contributed by atoms with Crippen LogP contribution >= 0.6 is 11.8 Å². The highest BCUT2D eigenvalue weighted by atomic mass is 32.2. The number of carbonyl (C=O) groups excluding carboxylic acids is 2. The van der Waals surface area contributed by atoms with Gasteiger partial charge in [-0.15, -0.1) is 11.8 Å². The second-order valence-corrected chi connectivity index (χ2v) is 7.01. The van der Waals surface area contributed by atoms with Crippen LogP contribution in [0.5, 0.6) is 5.75 Å². The molecule has 142 valence electrons. The molecule has 9 heteroatoms. The second kappa shape index (κ2) is 9.04. The molecule has 2 amide bonds. The minimum atomic E-state index is -0.538. The van der Waals surface area contributed by atoms with E-state index in [1.807, 2.05) is 0 Å². The third-order valence-electron chi connectivity index (χ3n) is 3.51. The van der Waals surface area contributed by atoms with E-state index in [2.05, 4.69) is 10.6 Å². The van der Waals surface area contributed by atoms with Crippen LogP contribution in [0.15, 0.2) is 47.4 Å². The first-order chi connectivity index (χ1) is 12.8. The molecule has 0 radical (unpaired) electrons. The van der Waals surface area contributed by atoms with Crippen molar-refractivity contribution in [2.45, 2.75) is 24.0 Å². The van der Waals surface area contributed by atoms with Gasteiger partial charge >= 0.3 is 0 Å². The van der Waals surface area contributed by atoms with Crippen LogP contribution in [0, 0.1) is 10.1 Å². The van der Waals surface area contributed by atoms with Crippen molar-refractivity contribution in [2.24, 2.45) is 0 Å². The molecule has 0 aromatic heterocycles. The van der Waals surface area contributed by atoms with Gasteiger partial charge in [-0.2, -0.15) is 0 Å². The van der Waals surface area contributed by atoms with E-state index in [1.54, 1.807) is 31.2 Å². The van der Waals surface area contributed by atoms with Gasteiger partial charge in [0, 0.05) is 29.6 Å². The molecule has 0 spiro atoms. The summed E-state index contributed by atoms with van der Waals surface area (Å²) < 4.78 is 5.15. The summed E-state index contributed by atoms with van der Waals surface area (Å²) in [5.41, 5.74) is 0.774. The fraction of sp³-hybridized carbons (Fsp3) is 0.222. The van der Waals surface area contributed by atoms with Gasteiger partial charge in [0.25, 0.3) is 5.69 Å². The third kappa shape index (κ3) is 5.71. The Morgan fingerprint density at radius 3 is 2.37 bits per heavy atom. The molecular weight excluding hydrogens is 370 g/mol. The number of ether oxygens (including phenoxy) is 1. The number of hydrogen-bond donors (Lipinski definition) is 2. The van der Waals surface area contributed by atoms with Gasteiger partial charge in [-0.25, -0.2) is 0 Å². The third-order valence-corrected chi connectivity index (χ3v) is 4.62. The number of nitro groups is 1. The Morgan fingerprint density at radius 1 is 1.15 bits per heavy atom. The molecule has 0 aliphatic carbocycles. The zero-order valence-corrected chi connectivity index (χ0v) is 15.8. The van der Waals surface area contributed by atoms with Crippen molar-refractivity contribution in [1.29, 1.82) is 0 Å². The fourth-order valence-corrected chi connectivity index (χ4v) is 3.09. The first kappa shape index (κ1) is 20.2. The number of thioether (sulfide) groups is 1. The molecule has 0 bridgehead atoms. The van der Waals surface area contributed by atoms with E-state index in [4.69, 9.17) is 4.74 Å². The molecule has 0 saturated carbocycles. The topological polar surface area (TPSA) is 111 Å². The van der Waals surface area contributed by atoms with E-state index >= 15 is 0 Å². The number of nitrogens with zero attached hydrogens (tertiary/aromatic N) is 1. The van der Waals surface area contributed by atoms with Crippen molar-refractivity contribution in [3.05, 3.63) is 52.6 Å². The predicted octanol–water partition coefficient (Wildman–Crippen LogP) is 3.68. The maximum atomic E-state index is 12.5. The van der Waals surface area contributed by atoms with Crippen molar-refractivity contribution in [3.63, 3.8) is 0 Å². The molecule has 2 aromatic rings. The highest BCUT2D eigenvalue weighted by molar-refractivity contribution is 8.00. The average molecular weight is 389 g/mol. The number of non-ortho nitro benzene ring substituents is 1. The molecule has 8 nitrogen and oxygen atoms in total. The minimum Gasteiger partial charge on any atom is -0.495 e. The summed E-state index contributed by atoms with van der Waals surface area (Å²) in [5.74, 6) is -0.135. The van der Waals surface area contributed by atoms with Crippen molar-refractivity contribution < 1.29 is 19.2 Å². The number of rotatable bonds is 7. The normalized spacial score (nSPS) is 11.4. The zero-order valence-electron chi connectivity index (χ0n) is 15.0. The van der Waals surface area contributed by atoms with Crippen molar-refractivity contribution in [3.8, 4) is 5.75 Å². The zero-order chi connectivity index (χ0) is 20.0. The monoisotopic (exact) mass is 389 g/mol. The van der Waals surface area contributed by atoms with Crippen molar-refractivity contribution in [1.82, 2.24) is 0 Å². The lowest BCUT2D eigenvalue weighted by atomic mass is 10.2. The number of anilines is 2. The number of methoxy groups -OCH3 is 1. The molecule has 0 saturated heterocycles. The van der Waals surface area contributed by atoms with Crippen molar-refractivity contribution >= 4 is 40.6 Å². The van der Waals surface area contributed by atoms with E-state index in [-0.39, 0.29) is 23.2 Å². The van der Waals surface area contributed by atoms with Gasteiger partial charge < -0.3 is 15.4 Å². The van der Waals surface area contributed by atoms with Crippen LogP contribution in [0.2, 0.25) is 0 Å². The van der Waals surface area contributed by atoms with E-state index in [0.29, 0.717) is 11.4 Å². The molecule has 0 unspecified atom stereocenters. The first-order valence-electron chi connectivity index (χ1n) is 7.97. The van der Waals surface area contributed by atoms with Gasteiger partial charge in [-0.05, 0) is 37.3 Å². The fourth-order valence-electron chi connectivity index (χ4n) is 2.22. The Kier molecular flexibility index (Phi) is 6.78. The highest BCUT2D eigenvalue weighted by Gasteiger charge is 2.18. The molecule has 0 heterocycles. The summed E-state index contributed by atoms with van der Waals surface area (Å²) in [7, 11) is 1.42. The number of benzene rings is 2. The largest absolute Gasteiger partial charge is 0.495 e. The molecule has 2 rings (SSSR count). The minimum absolute atomic E-state index is 0.139. The molecule has 1 atom stereocenters. The van der Waals surface area contributed by atoms with Gasteiger partial charge in [0.15, 0.2) is 0 Å². The summed E-state index contributed by atoms with van der Waals surface area (Å²) in [6.45, 7) is 3.16. The van der Waals surface area contributed by atoms with Crippen LogP contribution < -0.4 is 15.4 Å². The van der Waals surface area contributed by atoms with Gasteiger partial charge in [-0.3, -0.25) is 19.7 Å². The number of hydrogen-bond acceptors (Lipinski definition) is 6. The molecule has 27 heavy (non-hydrogen) atoms. The van der Waals surface area contributed by atoms with Crippen LogP contribution in [0.25, 0.3) is 0 Å². The quantitative estimate of drug-likeness (QED) is 0.425. The number of amides is 2. The van der Waals surface area contributed by atoms with Crippen molar-refractivity contribution in [2.75, 3.05) is 17.7 Å². The van der Waals surface area contributed by atoms with Gasteiger partial charge in [0.05, 0.1) is 23.0 Å². The van der Waals surface area contributed by atoms with Crippen LogP contribution in [0.4, 0.5) is 17.1 Å². The number of carbonyl (C=O) groups is 2. The molecule has 0 aliphatic rings. The van der Waals surface area contributed by atoms with Crippen LogP contribution in [0.3, 0.4) is 0 Å². The molecule has 0 aliphatic heterocycles. The summed E-state index contributed by atoms with van der Waals surface area (Å²) >= 11 is 1.32. The van der Waals surface area contributed by atoms with E-state index in [1.165, 1.54) is 44.0 Å². The molecular formula is C18H19N3O5S. The van der Waals surface area contributed by atoms with E-state index in [9.17, 15) is 19.7 Å². The Morgan fingerprint density at radius 2 is 1.81 bits per heavy atom. The first-order valence-corrected chi connectivity index (χ1v) is 8.85. The number of nitro benzene ring substituents is 1. The lowest BCUT2D eigenvalue weighted by Crippen LogP contribution is -2.22. The standard InChI is InChI=1S/C18H19N3O5S/c1-11(27-15-7-4-13(5-8-15)19-12(2)22)18(23)20-16-10-14(21(24)25)6-9-17(16)26-3/h4-11H,1-3H3,(H,19,22)(H,20,23)/t11-/m0/s1. The van der Waals surface area contributed by atoms with Crippen LogP contribution in [-0.4, -0.2) is 29.1 Å². The van der Waals surface area contributed by atoms with Gasteiger partial charge in [-0.1, -0.05) is 0 Å². The summed E-state index contributed by atoms with van der Waals surface area (Å²) in [6.07, 6.45) is 0. The maximum Gasteiger partial charge on any atom is 0.271 e. The summed E-state index contributed by atoms with van der Waals surface area (Å²) in [6, 6.07) is 11.1. The highest BCUT2D eigenvalue weighted by Crippen LogP contribution is 2.31. The molecule has 0 fully saturated rings. The van der Waals surface area contributed by atoms with Gasteiger partial charge in [0.2, 0.25) is 11.8 Å². The SMILES string of the molecule is COc1ccc([N+](=O)[O-])cc1NC(=O)[C@H](C)Sc1ccc(NC(C)=O)cc1. The molecule has 2 N–H and O–H groups in total. The summed E-state index contributed by atoms with van der Waals surface area (Å²) in [4.78, 5) is 34.7.